The van der Waals surface area contributed by atoms with Gasteiger partial charge in [0.25, 0.3) is 0 Å². The van der Waals surface area contributed by atoms with Crippen molar-refractivity contribution in [2.75, 3.05) is 0 Å². The third-order valence-electron chi connectivity index (χ3n) is 4.87. The standard InChI is InChI=1S/C23H23N3/c1-2-3-11-21-20-12-14-25-16-22(20)26(17-18-8-5-4-6-9-18)23(21)19-10-7-13-24-15-19/h4-10,12-16H,2-3,11,17H2,1H3. The summed E-state index contributed by atoms with van der Waals surface area (Å²) in [6.45, 7) is 3.08. The first kappa shape index (κ1) is 16.5. The maximum atomic E-state index is 4.41. The van der Waals surface area contributed by atoms with E-state index in [-0.39, 0.29) is 0 Å². The van der Waals surface area contributed by atoms with Crippen molar-refractivity contribution >= 4 is 10.9 Å². The molecule has 4 aromatic rings. The van der Waals surface area contributed by atoms with Crippen molar-refractivity contribution in [3.63, 3.8) is 0 Å². The first-order chi connectivity index (χ1) is 12.9. The van der Waals surface area contributed by atoms with Crippen LogP contribution in [0.2, 0.25) is 0 Å². The second-order valence-corrected chi connectivity index (χ2v) is 6.64. The Morgan fingerprint density at radius 1 is 0.885 bits per heavy atom. The summed E-state index contributed by atoms with van der Waals surface area (Å²) in [7, 11) is 0. The van der Waals surface area contributed by atoms with Crippen LogP contribution in [0.1, 0.15) is 30.9 Å². The molecule has 0 fully saturated rings. The first-order valence-electron chi connectivity index (χ1n) is 9.28. The zero-order valence-electron chi connectivity index (χ0n) is 15.1. The van der Waals surface area contributed by atoms with Gasteiger partial charge in [0.15, 0.2) is 0 Å². The molecule has 130 valence electrons. The van der Waals surface area contributed by atoms with Crippen LogP contribution < -0.4 is 0 Å². The number of pyridine rings is 2. The molecule has 3 aromatic heterocycles. The second-order valence-electron chi connectivity index (χ2n) is 6.64. The lowest BCUT2D eigenvalue weighted by atomic mass is 10.0. The number of unbranched alkanes of at least 4 members (excludes halogenated alkanes) is 1. The smallest absolute Gasteiger partial charge is 0.0677 e. The molecule has 0 atom stereocenters. The van der Waals surface area contributed by atoms with E-state index in [4.69, 9.17) is 0 Å². The van der Waals surface area contributed by atoms with Crippen molar-refractivity contribution in [1.29, 1.82) is 0 Å². The van der Waals surface area contributed by atoms with E-state index in [1.807, 2.05) is 30.9 Å². The fourth-order valence-corrected chi connectivity index (χ4v) is 3.64. The van der Waals surface area contributed by atoms with Gasteiger partial charge in [0.05, 0.1) is 17.4 Å². The molecular formula is C23H23N3. The number of nitrogens with zero attached hydrogens (tertiary/aromatic N) is 3. The number of hydrogen-bond acceptors (Lipinski definition) is 2. The molecule has 0 amide bonds. The molecule has 0 saturated heterocycles. The van der Waals surface area contributed by atoms with Gasteiger partial charge in [-0.3, -0.25) is 9.97 Å². The van der Waals surface area contributed by atoms with Crippen LogP contribution in [0.15, 0.2) is 73.3 Å². The Bertz CT molecular complexity index is 988. The highest BCUT2D eigenvalue weighted by Gasteiger charge is 2.18. The largest absolute Gasteiger partial charge is 0.334 e. The zero-order chi connectivity index (χ0) is 17.8. The molecule has 0 unspecified atom stereocenters. The molecule has 0 spiro atoms. The Balaban J connectivity index is 1.95. The highest BCUT2D eigenvalue weighted by Crippen LogP contribution is 2.35. The van der Waals surface area contributed by atoms with Gasteiger partial charge >= 0.3 is 0 Å². The zero-order valence-corrected chi connectivity index (χ0v) is 15.1. The Hall–Kier alpha value is -2.94. The van der Waals surface area contributed by atoms with Gasteiger partial charge in [0.1, 0.15) is 0 Å². The fraction of sp³-hybridized carbons (Fsp3) is 0.217. The lowest BCUT2D eigenvalue weighted by Crippen LogP contribution is -2.03. The van der Waals surface area contributed by atoms with Crippen LogP contribution in [0.3, 0.4) is 0 Å². The van der Waals surface area contributed by atoms with Gasteiger partial charge in [-0.15, -0.1) is 0 Å². The summed E-state index contributed by atoms with van der Waals surface area (Å²) < 4.78 is 2.40. The van der Waals surface area contributed by atoms with E-state index < -0.39 is 0 Å². The van der Waals surface area contributed by atoms with E-state index in [0.717, 1.165) is 13.0 Å². The minimum Gasteiger partial charge on any atom is -0.334 e. The summed E-state index contributed by atoms with van der Waals surface area (Å²) >= 11 is 0. The van der Waals surface area contributed by atoms with Gasteiger partial charge in [-0.25, -0.2) is 0 Å². The summed E-state index contributed by atoms with van der Waals surface area (Å²) in [4.78, 5) is 8.78. The number of fused-ring (bicyclic) bond motifs is 1. The van der Waals surface area contributed by atoms with E-state index >= 15 is 0 Å². The predicted molar refractivity (Wildman–Crippen MR) is 107 cm³/mol. The number of rotatable bonds is 6. The van der Waals surface area contributed by atoms with Crippen LogP contribution >= 0.6 is 0 Å². The molecule has 0 N–H and O–H groups in total. The Kier molecular flexibility index (Phi) is 4.78. The SMILES string of the molecule is CCCCc1c(-c2cccnc2)n(Cc2ccccc2)c2cnccc12. The van der Waals surface area contributed by atoms with Crippen molar-refractivity contribution < 1.29 is 0 Å². The molecule has 0 aliphatic heterocycles. The molecule has 4 rings (SSSR count). The van der Waals surface area contributed by atoms with E-state index in [1.165, 1.54) is 46.1 Å². The molecule has 0 radical (unpaired) electrons. The van der Waals surface area contributed by atoms with Gasteiger partial charge in [-0.05, 0) is 42.2 Å². The minimum absolute atomic E-state index is 0.833. The molecule has 0 aliphatic rings. The van der Waals surface area contributed by atoms with Gasteiger partial charge < -0.3 is 4.57 Å². The lowest BCUT2D eigenvalue weighted by molar-refractivity contribution is 0.788. The van der Waals surface area contributed by atoms with Gasteiger partial charge in [-0.1, -0.05) is 43.7 Å². The van der Waals surface area contributed by atoms with Crippen molar-refractivity contribution in [3.05, 3.63) is 84.4 Å². The van der Waals surface area contributed by atoms with Gasteiger partial charge in [0.2, 0.25) is 0 Å². The summed E-state index contributed by atoms with van der Waals surface area (Å²) in [5, 5.41) is 1.31. The maximum absolute atomic E-state index is 4.41. The Labute approximate surface area is 154 Å². The topological polar surface area (TPSA) is 30.7 Å². The molecule has 0 saturated carbocycles. The molecule has 3 nitrogen and oxygen atoms in total. The maximum Gasteiger partial charge on any atom is 0.0677 e. The normalized spacial score (nSPS) is 11.1. The van der Waals surface area contributed by atoms with E-state index in [1.54, 1.807) is 0 Å². The predicted octanol–water partition coefficient (Wildman–Crippen LogP) is 5.49. The number of aryl methyl sites for hydroxylation is 1. The van der Waals surface area contributed by atoms with Gasteiger partial charge in [-0.2, -0.15) is 0 Å². The van der Waals surface area contributed by atoms with Crippen molar-refractivity contribution in [2.45, 2.75) is 32.7 Å². The molecule has 26 heavy (non-hydrogen) atoms. The van der Waals surface area contributed by atoms with Crippen molar-refractivity contribution in [3.8, 4) is 11.3 Å². The Morgan fingerprint density at radius 2 is 1.73 bits per heavy atom. The number of benzene rings is 1. The first-order valence-corrected chi connectivity index (χ1v) is 9.28. The third kappa shape index (κ3) is 3.13. The van der Waals surface area contributed by atoms with Crippen molar-refractivity contribution in [2.24, 2.45) is 0 Å². The summed E-state index contributed by atoms with van der Waals surface area (Å²) in [6.07, 6.45) is 11.1. The average Bonchev–Trinajstić information content (AvgIpc) is 3.01. The summed E-state index contributed by atoms with van der Waals surface area (Å²) in [5.74, 6) is 0. The van der Waals surface area contributed by atoms with Crippen LogP contribution in [0.25, 0.3) is 22.2 Å². The van der Waals surface area contributed by atoms with Crippen LogP contribution in [0, 0.1) is 0 Å². The third-order valence-corrected chi connectivity index (χ3v) is 4.87. The lowest BCUT2D eigenvalue weighted by Gasteiger charge is -2.13. The van der Waals surface area contributed by atoms with Crippen LogP contribution in [0.5, 0.6) is 0 Å². The van der Waals surface area contributed by atoms with Crippen molar-refractivity contribution in [1.82, 2.24) is 14.5 Å². The van der Waals surface area contributed by atoms with Crippen LogP contribution in [0.4, 0.5) is 0 Å². The van der Waals surface area contributed by atoms with Crippen LogP contribution in [-0.2, 0) is 13.0 Å². The van der Waals surface area contributed by atoms with Gasteiger partial charge in [0, 0.05) is 36.1 Å². The fourth-order valence-electron chi connectivity index (χ4n) is 3.64. The molecule has 0 aliphatic carbocycles. The number of hydrogen-bond donors (Lipinski definition) is 0. The van der Waals surface area contributed by atoms with E-state index in [2.05, 4.69) is 63.9 Å². The number of aromatic nitrogens is 3. The highest BCUT2D eigenvalue weighted by molar-refractivity contribution is 5.91. The Morgan fingerprint density at radius 3 is 2.50 bits per heavy atom. The van der Waals surface area contributed by atoms with E-state index in [0.29, 0.717) is 0 Å². The monoisotopic (exact) mass is 341 g/mol. The summed E-state index contributed by atoms with van der Waals surface area (Å²) in [6, 6.07) is 17.0. The molecular weight excluding hydrogens is 318 g/mol. The quantitative estimate of drug-likeness (QED) is 0.464. The van der Waals surface area contributed by atoms with E-state index in [9.17, 15) is 0 Å². The molecule has 3 heterocycles. The average molecular weight is 341 g/mol. The molecule has 1 aromatic carbocycles. The molecule has 0 bridgehead atoms. The highest BCUT2D eigenvalue weighted by atomic mass is 15.0. The summed E-state index contributed by atoms with van der Waals surface area (Å²) in [5.41, 5.74) is 6.35. The minimum atomic E-state index is 0.833. The molecule has 3 heteroatoms. The second kappa shape index (κ2) is 7.52. The van der Waals surface area contributed by atoms with Crippen LogP contribution in [-0.4, -0.2) is 14.5 Å².